The van der Waals surface area contributed by atoms with Crippen molar-refractivity contribution in [2.24, 2.45) is 0 Å². The fourth-order valence-corrected chi connectivity index (χ4v) is 2.15. The highest BCUT2D eigenvalue weighted by atomic mass is 32.2. The number of allylic oxidation sites excluding steroid dienone is 1. The summed E-state index contributed by atoms with van der Waals surface area (Å²) in [6.07, 6.45) is 3.75. The number of hydrogen-bond donors (Lipinski definition) is 0. The normalized spacial score (nSPS) is 17.2. The predicted octanol–water partition coefficient (Wildman–Crippen LogP) is 2.00. The molecule has 68 valence electrons. The van der Waals surface area contributed by atoms with Crippen LogP contribution in [0.2, 0.25) is 0 Å². The van der Waals surface area contributed by atoms with Gasteiger partial charge in [-0.25, -0.2) is 4.79 Å². The van der Waals surface area contributed by atoms with Gasteiger partial charge >= 0.3 is 5.97 Å². The van der Waals surface area contributed by atoms with Crippen LogP contribution in [-0.2, 0) is 9.53 Å². The average Bonchev–Trinajstić information content (AvgIpc) is 2.06. The summed E-state index contributed by atoms with van der Waals surface area (Å²) in [5.41, 5.74) is 1.24. The number of rotatable bonds is 2. The lowest BCUT2D eigenvalue weighted by Gasteiger charge is -2.12. The van der Waals surface area contributed by atoms with Crippen LogP contribution in [0.4, 0.5) is 0 Å². The van der Waals surface area contributed by atoms with E-state index in [1.54, 1.807) is 6.08 Å². The van der Waals surface area contributed by atoms with Crippen LogP contribution in [0.5, 0.6) is 0 Å². The van der Waals surface area contributed by atoms with Gasteiger partial charge in [0.15, 0.2) is 0 Å². The van der Waals surface area contributed by atoms with E-state index in [0.29, 0.717) is 6.61 Å². The molecular weight excluding hydrogens is 172 g/mol. The minimum Gasteiger partial charge on any atom is -0.463 e. The number of carbonyl (C=O) groups is 1. The molecule has 0 amide bonds. The quantitative estimate of drug-likeness (QED) is 0.487. The average molecular weight is 186 g/mol. The van der Waals surface area contributed by atoms with E-state index in [9.17, 15) is 4.79 Å². The molecule has 2 nitrogen and oxygen atoms in total. The first-order chi connectivity index (χ1) is 5.83. The number of ether oxygens (including phenoxy) is 1. The summed E-state index contributed by atoms with van der Waals surface area (Å²) >= 11 is 1.95. The Morgan fingerprint density at radius 2 is 2.25 bits per heavy atom. The van der Waals surface area contributed by atoms with Crippen LogP contribution in [0.25, 0.3) is 0 Å². The molecule has 0 bridgehead atoms. The summed E-state index contributed by atoms with van der Waals surface area (Å²) in [6, 6.07) is 0. The standard InChI is InChI=1S/C9H14O2S/c1-2-11-9(10)7-8-3-5-12-6-4-8/h7H,2-6H2,1H3. The number of hydrogen-bond acceptors (Lipinski definition) is 3. The van der Waals surface area contributed by atoms with E-state index in [1.165, 1.54) is 5.57 Å². The third kappa shape index (κ3) is 3.30. The van der Waals surface area contributed by atoms with Crippen molar-refractivity contribution in [3.05, 3.63) is 11.6 Å². The van der Waals surface area contributed by atoms with E-state index in [-0.39, 0.29) is 5.97 Å². The molecule has 0 saturated carbocycles. The van der Waals surface area contributed by atoms with Gasteiger partial charge in [0.25, 0.3) is 0 Å². The van der Waals surface area contributed by atoms with Crippen LogP contribution >= 0.6 is 11.8 Å². The second kappa shape index (κ2) is 5.25. The Morgan fingerprint density at radius 1 is 1.58 bits per heavy atom. The lowest BCUT2D eigenvalue weighted by atomic mass is 10.1. The number of thioether (sulfide) groups is 1. The zero-order valence-electron chi connectivity index (χ0n) is 7.34. The molecule has 0 aromatic heterocycles. The summed E-state index contributed by atoms with van der Waals surface area (Å²) in [6.45, 7) is 2.30. The first-order valence-electron chi connectivity index (χ1n) is 4.27. The van der Waals surface area contributed by atoms with Crippen molar-refractivity contribution in [3.63, 3.8) is 0 Å². The van der Waals surface area contributed by atoms with Crippen LogP contribution < -0.4 is 0 Å². The van der Waals surface area contributed by atoms with Crippen molar-refractivity contribution in [1.29, 1.82) is 0 Å². The molecule has 0 aliphatic carbocycles. The van der Waals surface area contributed by atoms with Gasteiger partial charge in [-0.1, -0.05) is 5.57 Å². The monoisotopic (exact) mass is 186 g/mol. The summed E-state index contributed by atoms with van der Waals surface area (Å²) in [4.78, 5) is 11.0. The summed E-state index contributed by atoms with van der Waals surface area (Å²) < 4.78 is 4.82. The molecule has 1 aliphatic rings. The first-order valence-corrected chi connectivity index (χ1v) is 5.42. The van der Waals surface area contributed by atoms with Crippen molar-refractivity contribution in [3.8, 4) is 0 Å². The minimum absolute atomic E-state index is 0.181. The van der Waals surface area contributed by atoms with E-state index >= 15 is 0 Å². The first kappa shape index (κ1) is 9.65. The lowest BCUT2D eigenvalue weighted by Crippen LogP contribution is -2.04. The highest BCUT2D eigenvalue weighted by Crippen LogP contribution is 2.21. The van der Waals surface area contributed by atoms with Crippen LogP contribution in [0.3, 0.4) is 0 Å². The Kier molecular flexibility index (Phi) is 4.22. The van der Waals surface area contributed by atoms with Gasteiger partial charge in [0, 0.05) is 6.08 Å². The Balaban J connectivity index is 2.37. The predicted molar refractivity (Wildman–Crippen MR) is 51.3 cm³/mol. The zero-order chi connectivity index (χ0) is 8.81. The molecule has 0 unspecified atom stereocenters. The second-order valence-electron chi connectivity index (χ2n) is 2.67. The molecule has 0 aromatic carbocycles. The molecule has 0 radical (unpaired) electrons. The molecule has 1 saturated heterocycles. The van der Waals surface area contributed by atoms with Gasteiger partial charge < -0.3 is 4.74 Å². The van der Waals surface area contributed by atoms with E-state index in [2.05, 4.69) is 0 Å². The van der Waals surface area contributed by atoms with Crippen molar-refractivity contribution in [1.82, 2.24) is 0 Å². The summed E-state index contributed by atoms with van der Waals surface area (Å²) in [7, 11) is 0. The summed E-state index contributed by atoms with van der Waals surface area (Å²) in [5.74, 6) is 2.11. The fraction of sp³-hybridized carbons (Fsp3) is 0.667. The third-order valence-electron chi connectivity index (χ3n) is 1.74. The Hall–Kier alpha value is -0.440. The van der Waals surface area contributed by atoms with Gasteiger partial charge in [0.1, 0.15) is 0 Å². The Bertz CT molecular complexity index is 179. The van der Waals surface area contributed by atoms with Crippen LogP contribution in [0.15, 0.2) is 11.6 Å². The van der Waals surface area contributed by atoms with Crippen LogP contribution in [-0.4, -0.2) is 24.1 Å². The molecule has 0 atom stereocenters. The minimum atomic E-state index is -0.181. The van der Waals surface area contributed by atoms with E-state index < -0.39 is 0 Å². The third-order valence-corrected chi connectivity index (χ3v) is 2.73. The van der Waals surface area contributed by atoms with E-state index in [1.807, 2.05) is 18.7 Å². The maximum atomic E-state index is 11.0. The smallest absolute Gasteiger partial charge is 0.330 e. The molecule has 0 aromatic rings. The van der Waals surface area contributed by atoms with E-state index in [4.69, 9.17) is 4.74 Å². The Morgan fingerprint density at radius 3 is 2.83 bits per heavy atom. The zero-order valence-corrected chi connectivity index (χ0v) is 8.15. The number of esters is 1. The molecule has 1 rings (SSSR count). The highest BCUT2D eigenvalue weighted by Gasteiger charge is 2.07. The van der Waals surface area contributed by atoms with Gasteiger partial charge in [-0.05, 0) is 31.3 Å². The van der Waals surface area contributed by atoms with Gasteiger partial charge in [0.05, 0.1) is 6.61 Å². The maximum Gasteiger partial charge on any atom is 0.330 e. The highest BCUT2D eigenvalue weighted by molar-refractivity contribution is 7.99. The Labute approximate surface area is 77.4 Å². The van der Waals surface area contributed by atoms with Crippen molar-refractivity contribution in [2.45, 2.75) is 19.8 Å². The SMILES string of the molecule is CCOC(=O)C=C1CCSCC1. The molecule has 0 N–H and O–H groups in total. The molecule has 12 heavy (non-hydrogen) atoms. The molecular formula is C9H14O2S. The molecule has 1 aliphatic heterocycles. The largest absolute Gasteiger partial charge is 0.463 e. The van der Waals surface area contributed by atoms with Crippen molar-refractivity contribution < 1.29 is 9.53 Å². The topological polar surface area (TPSA) is 26.3 Å². The van der Waals surface area contributed by atoms with Crippen LogP contribution in [0, 0.1) is 0 Å². The molecule has 0 spiro atoms. The van der Waals surface area contributed by atoms with Gasteiger partial charge in [0.2, 0.25) is 0 Å². The molecule has 3 heteroatoms. The summed E-state index contributed by atoms with van der Waals surface area (Å²) in [5, 5.41) is 0. The van der Waals surface area contributed by atoms with Crippen LogP contribution in [0.1, 0.15) is 19.8 Å². The van der Waals surface area contributed by atoms with E-state index in [0.717, 1.165) is 24.3 Å². The van der Waals surface area contributed by atoms with Crippen molar-refractivity contribution >= 4 is 17.7 Å². The lowest BCUT2D eigenvalue weighted by molar-refractivity contribution is -0.137. The molecule has 1 fully saturated rings. The number of carbonyl (C=O) groups excluding carboxylic acids is 1. The molecule has 1 heterocycles. The van der Waals surface area contributed by atoms with Gasteiger partial charge in [-0.2, -0.15) is 11.8 Å². The van der Waals surface area contributed by atoms with Crippen molar-refractivity contribution in [2.75, 3.05) is 18.1 Å². The van der Waals surface area contributed by atoms with Gasteiger partial charge in [-0.15, -0.1) is 0 Å². The second-order valence-corrected chi connectivity index (χ2v) is 3.89. The van der Waals surface area contributed by atoms with Gasteiger partial charge in [-0.3, -0.25) is 0 Å². The fourth-order valence-electron chi connectivity index (χ4n) is 1.13. The maximum absolute atomic E-state index is 11.0.